The largest absolute Gasteiger partial charge is 0.352 e. The lowest BCUT2D eigenvalue weighted by atomic mass is 10.1. The molecular formula is C23H24ClN3O2S. The maximum atomic E-state index is 12.6. The number of nitrogens with one attached hydrogen (secondary N) is 2. The Morgan fingerprint density at radius 1 is 1.00 bits per heavy atom. The first-order chi connectivity index (χ1) is 14.5. The SMILES string of the molecule is CN(CC(=O)Nc1ccccc1C(=O)NCCc1ccccc1)Cc1ccc(Cl)s1. The number of anilines is 1. The van der Waals surface area contributed by atoms with Crippen LogP contribution in [-0.2, 0) is 17.8 Å². The van der Waals surface area contributed by atoms with Crippen molar-refractivity contribution >= 4 is 40.4 Å². The number of hydrogen-bond acceptors (Lipinski definition) is 4. The van der Waals surface area contributed by atoms with Crippen molar-refractivity contribution in [1.82, 2.24) is 10.2 Å². The minimum Gasteiger partial charge on any atom is -0.352 e. The van der Waals surface area contributed by atoms with E-state index in [1.165, 1.54) is 11.3 Å². The number of hydrogen-bond donors (Lipinski definition) is 2. The van der Waals surface area contributed by atoms with Crippen LogP contribution in [0.5, 0.6) is 0 Å². The Labute approximate surface area is 185 Å². The minimum atomic E-state index is -0.205. The van der Waals surface area contributed by atoms with E-state index < -0.39 is 0 Å². The van der Waals surface area contributed by atoms with E-state index >= 15 is 0 Å². The molecule has 2 aromatic carbocycles. The van der Waals surface area contributed by atoms with Crippen LogP contribution in [0.4, 0.5) is 5.69 Å². The van der Waals surface area contributed by atoms with Gasteiger partial charge < -0.3 is 10.6 Å². The molecule has 0 saturated heterocycles. The molecule has 0 spiro atoms. The molecule has 2 N–H and O–H groups in total. The van der Waals surface area contributed by atoms with Gasteiger partial charge in [-0.05, 0) is 43.3 Å². The van der Waals surface area contributed by atoms with Crippen LogP contribution < -0.4 is 10.6 Å². The third-order valence-corrected chi connectivity index (χ3v) is 5.67. The number of amides is 2. The second-order valence-electron chi connectivity index (χ2n) is 6.96. The average Bonchev–Trinajstić information content (AvgIpc) is 3.13. The molecule has 0 aliphatic heterocycles. The summed E-state index contributed by atoms with van der Waals surface area (Å²) in [6, 6.07) is 20.8. The van der Waals surface area contributed by atoms with E-state index in [1.807, 2.05) is 54.4 Å². The van der Waals surface area contributed by atoms with Crippen LogP contribution in [-0.4, -0.2) is 36.9 Å². The Morgan fingerprint density at radius 3 is 2.47 bits per heavy atom. The zero-order chi connectivity index (χ0) is 21.3. The van der Waals surface area contributed by atoms with Crippen molar-refractivity contribution in [1.29, 1.82) is 0 Å². The van der Waals surface area contributed by atoms with Crippen molar-refractivity contribution < 1.29 is 9.59 Å². The highest BCUT2D eigenvalue weighted by Gasteiger charge is 2.14. The van der Waals surface area contributed by atoms with Crippen molar-refractivity contribution in [3.05, 3.63) is 87.1 Å². The van der Waals surface area contributed by atoms with Crippen LogP contribution in [0.25, 0.3) is 0 Å². The van der Waals surface area contributed by atoms with Crippen LogP contribution >= 0.6 is 22.9 Å². The van der Waals surface area contributed by atoms with Gasteiger partial charge in [0.1, 0.15) is 0 Å². The van der Waals surface area contributed by atoms with Crippen molar-refractivity contribution in [2.75, 3.05) is 25.5 Å². The lowest BCUT2D eigenvalue weighted by Gasteiger charge is -2.16. The molecule has 5 nitrogen and oxygen atoms in total. The third kappa shape index (κ3) is 6.69. The second-order valence-corrected chi connectivity index (χ2v) is 8.76. The Bertz CT molecular complexity index is 991. The van der Waals surface area contributed by atoms with Crippen molar-refractivity contribution in [3.8, 4) is 0 Å². The zero-order valence-electron chi connectivity index (χ0n) is 16.7. The topological polar surface area (TPSA) is 61.4 Å². The molecule has 0 radical (unpaired) electrons. The highest BCUT2D eigenvalue weighted by molar-refractivity contribution is 7.16. The van der Waals surface area contributed by atoms with Crippen LogP contribution in [0, 0.1) is 0 Å². The summed E-state index contributed by atoms with van der Waals surface area (Å²) in [7, 11) is 1.87. The molecule has 1 aromatic heterocycles. The predicted molar refractivity (Wildman–Crippen MR) is 123 cm³/mol. The molecule has 3 rings (SSSR count). The lowest BCUT2D eigenvalue weighted by Crippen LogP contribution is -2.31. The average molecular weight is 442 g/mol. The summed E-state index contributed by atoms with van der Waals surface area (Å²) in [6.07, 6.45) is 0.749. The number of halogens is 1. The molecule has 0 atom stereocenters. The van der Waals surface area contributed by atoms with E-state index in [9.17, 15) is 9.59 Å². The Kier molecular flexibility index (Phi) is 8.02. The van der Waals surface area contributed by atoms with Gasteiger partial charge in [0, 0.05) is 18.0 Å². The number of thiophene rings is 1. The quantitative estimate of drug-likeness (QED) is 0.516. The third-order valence-electron chi connectivity index (χ3n) is 4.46. The Morgan fingerprint density at radius 2 is 1.73 bits per heavy atom. The van der Waals surface area contributed by atoms with Crippen LogP contribution in [0.1, 0.15) is 20.8 Å². The summed E-state index contributed by atoms with van der Waals surface area (Å²) < 4.78 is 0.732. The van der Waals surface area contributed by atoms with Crippen molar-refractivity contribution in [2.24, 2.45) is 0 Å². The van der Waals surface area contributed by atoms with Crippen molar-refractivity contribution in [2.45, 2.75) is 13.0 Å². The first kappa shape index (κ1) is 22.0. The van der Waals surface area contributed by atoms with Gasteiger partial charge >= 0.3 is 0 Å². The lowest BCUT2D eigenvalue weighted by molar-refractivity contribution is -0.117. The van der Waals surface area contributed by atoms with E-state index in [0.29, 0.717) is 24.3 Å². The highest BCUT2D eigenvalue weighted by Crippen LogP contribution is 2.22. The fourth-order valence-corrected chi connectivity index (χ4v) is 4.21. The van der Waals surface area contributed by atoms with E-state index in [0.717, 1.165) is 21.2 Å². The Hall–Kier alpha value is -2.67. The minimum absolute atomic E-state index is 0.176. The van der Waals surface area contributed by atoms with Crippen LogP contribution in [0.3, 0.4) is 0 Å². The van der Waals surface area contributed by atoms with Gasteiger partial charge in [0.2, 0.25) is 5.91 Å². The summed E-state index contributed by atoms with van der Waals surface area (Å²) in [5, 5.41) is 5.78. The van der Waals surface area contributed by atoms with Gasteiger partial charge in [0.05, 0.1) is 22.1 Å². The predicted octanol–water partition coefficient (Wildman–Crippen LogP) is 4.44. The maximum absolute atomic E-state index is 12.6. The van der Waals surface area contributed by atoms with Gasteiger partial charge in [-0.2, -0.15) is 0 Å². The fraction of sp³-hybridized carbons (Fsp3) is 0.217. The molecule has 2 amide bonds. The maximum Gasteiger partial charge on any atom is 0.253 e. The molecular weight excluding hydrogens is 418 g/mol. The molecule has 0 aliphatic rings. The van der Waals surface area contributed by atoms with E-state index in [1.54, 1.807) is 24.3 Å². The summed E-state index contributed by atoms with van der Waals surface area (Å²) >= 11 is 7.46. The molecule has 3 aromatic rings. The summed E-state index contributed by atoms with van der Waals surface area (Å²) in [5.41, 5.74) is 2.12. The molecule has 0 bridgehead atoms. The number of rotatable bonds is 9. The number of nitrogens with zero attached hydrogens (tertiary/aromatic N) is 1. The van der Waals surface area contributed by atoms with Gasteiger partial charge in [0.15, 0.2) is 0 Å². The number of para-hydroxylation sites is 1. The highest BCUT2D eigenvalue weighted by atomic mass is 35.5. The van der Waals surface area contributed by atoms with Gasteiger partial charge in [-0.1, -0.05) is 54.1 Å². The first-order valence-electron chi connectivity index (χ1n) is 9.65. The zero-order valence-corrected chi connectivity index (χ0v) is 18.3. The molecule has 0 saturated carbocycles. The number of carbonyl (C=O) groups is 2. The van der Waals surface area contributed by atoms with E-state index in [4.69, 9.17) is 11.6 Å². The number of benzene rings is 2. The van der Waals surface area contributed by atoms with Gasteiger partial charge in [-0.25, -0.2) is 0 Å². The Balaban J connectivity index is 1.53. The van der Waals surface area contributed by atoms with Gasteiger partial charge in [0.25, 0.3) is 5.91 Å². The standard InChI is InChI=1S/C23H24ClN3O2S/c1-27(15-18-11-12-21(24)30-18)16-22(28)26-20-10-6-5-9-19(20)23(29)25-14-13-17-7-3-2-4-8-17/h2-12H,13-16H2,1H3,(H,25,29)(H,26,28). The summed E-state index contributed by atoms with van der Waals surface area (Å²) in [6.45, 7) is 1.36. The van der Waals surface area contributed by atoms with Crippen LogP contribution in [0.2, 0.25) is 4.34 Å². The number of carbonyl (C=O) groups excluding carboxylic acids is 2. The fourth-order valence-electron chi connectivity index (χ4n) is 3.04. The molecule has 7 heteroatoms. The first-order valence-corrected chi connectivity index (χ1v) is 10.8. The monoisotopic (exact) mass is 441 g/mol. The molecule has 0 fully saturated rings. The molecule has 1 heterocycles. The van der Waals surface area contributed by atoms with Gasteiger partial charge in [-0.15, -0.1) is 11.3 Å². The van der Waals surface area contributed by atoms with E-state index in [-0.39, 0.29) is 18.4 Å². The molecule has 0 aliphatic carbocycles. The molecule has 156 valence electrons. The smallest absolute Gasteiger partial charge is 0.253 e. The normalized spacial score (nSPS) is 10.8. The summed E-state index contributed by atoms with van der Waals surface area (Å²) in [5.74, 6) is -0.381. The van der Waals surface area contributed by atoms with E-state index in [2.05, 4.69) is 10.6 Å². The number of likely N-dealkylation sites (N-methyl/N-ethyl adjacent to an activating group) is 1. The van der Waals surface area contributed by atoms with Gasteiger partial charge in [-0.3, -0.25) is 14.5 Å². The second kappa shape index (κ2) is 10.9. The van der Waals surface area contributed by atoms with Crippen LogP contribution in [0.15, 0.2) is 66.7 Å². The summed E-state index contributed by atoms with van der Waals surface area (Å²) in [4.78, 5) is 28.1. The molecule has 0 unspecified atom stereocenters. The van der Waals surface area contributed by atoms with Crippen molar-refractivity contribution in [3.63, 3.8) is 0 Å². The molecule has 30 heavy (non-hydrogen) atoms.